The Balaban J connectivity index is -0.0000000811. The molecule has 0 aliphatic heterocycles. The number of hydrogen-bond donors (Lipinski definition) is 0. The van der Waals surface area contributed by atoms with Gasteiger partial charge in [-0.25, -0.2) is 48.5 Å². The summed E-state index contributed by atoms with van der Waals surface area (Å²) in [5, 5.41) is 3.12. The van der Waals surface area contributed by atoms with Gasteiger partial charge in [0, 0.05) is 16.1 Å². The van der Waals surface area contributed by atoms with Crippen LogP contribution in [-0.4, -0.2) is 21.6 Å². The SMILES string of the molecule is C[Si](C)(C)[c-]1cccc1.C[Si](C)(C)[c-]1cccc1.C[Si](C)=[Zr+2].Cl.Cl.[Cl-].[Cl-].[Zr+4].c1cc[cH-]c1.c1cc[cH-]c1. The van der Waals surface area contributed by atoms with Gasteiger partial charge in [0.25, 0.3) is 0 Å². The molecule has 0 unspecified atom stereocenters. The molecule has 0 aliphatic rings. The maximum Gasteiger partial charge on any atom is 4.00 e. The van der Waals surface area contributed by atoms with Gasteiger partial charge in [-0.3, -0.25) is 0 Å². The van der Waals surface area contributed by atoms with E-state index in [0.717, 1.165) is 0 Å². The fraction of sp³-hybridized carbons (Fsp3) is 0.286. The zero-order chi connectivity index (χ0) is 24.5. The summed E-state index contributed by atoms with van der Waals surface area (Å²) in [4.78, 5) is 0. The van der Waals surface area contributed by atoms with Crippen LogP contribution in [0.25, 0.3) is 0 Å². The number of rotatable bonds is 2. The minimum Gasteiger partial charge on any atom is -1.00 e. The molecule has 0 radical (unpaired) electrons. The Kier molecular flexibility index (Phi) is 41.1. The fourth-order valence-electron chi connectivity index (χ4n) is 2.39. The first kappa shape index (κ1) is 50.8. The van der Waals surface area contributed by atoms with Gasteiger partial charge in [0.2, 0.25) is 0 Å². The molecule has 0 heterocycles. The van der Waals surface area contributed by atoms with Gasteiger partial charge in [0.1, 0.15) is 0 Å². The van der Waals surface area contributed by atoms with E-state index in [4.69, 9.17) is 0 Å². The van der Waals surface area contributed by atoms with E-state index in [-0.39, 0.29) is 81.3 Å². The van der Waals surface area contributed by atoms with Crippen LogP contribution in [-0.2, 0) is 49.5 Å². The summed E-state index contributed by atoms with van der Waals surface area (Å²) in [6.45, 7) is 18.8. The molecule has 37 heavy (non-hydrogen) atoms. The minimum atomic E-state index is -0.981. The van der Waals surface area contributed by atoms with E-state index in [9.17, 15) is 0 Å². The molecule has 0 bridgehead atoms. The van der Waals surface area contributed by atoms with Crippen molar-refractivity contribution < 1.29 is 74.4 Å². The predicted molar refractivity (Wildman–Crippen MR) is 166 cm³/mol. The van der Waals surface area contributed by atoms with Crippen molar-refractivity contribution in [2.24, 2.45) is 0 Å². The smallest absolute Gasteiger partial charge is 1.00 e. The van der Waals surface area contributed by atoms with Gasteiger partial charge in [-0.15, -0.1) is 24.8 Å². The third-order valence-electron chi connectivity index (χ3n) is 4.17. The first-order valence-electron chi connectivity index (χ1n) is 11.2. The Morgan fingerprint density at radius 1 is 0.541 bits per heavy atom. The summed E-state index contributed by atoms with van der Waals surface area (Å²) in [6, 6.07) is 37.4. The molecule has 0 amide bonds. The van der Waals surface area contributed by atoms with Crippen molar-refractivity contribution in [2.45, 2.75) is 52.4 Å². The van der Waals surface area contributed by atoms with Gasteiger partial charge in [0.05, 0.1) is 0 Å². The zero-order valence-electron chi connectivity index (χ0n) is 23.5. The largest absolute Gasteiger partial charge is 4.00 e. The standard InChI is InChI=1S/2C8H13Si.2C5H5.C2H6Si.4ClH.2Zr/c2*1-9(2,3)8-6-4-5-7-8;2*1-2-4-5-3-1;1-3-2;;;;;;/h2*4-7H,1-3H3;2*1-5H;1-2H3;4*1H;;/q4*-1;;;;;;+2;+4/p-2. The first-order valence-corrected chi connectivity index (χ1v) is 24.4. The van der Waals surface area contributed by atoms with Crippen molar-refractivity contribution in [1.82, 2.24) is 0 Å². The molecule has 4 aromatic rings. The van der Waals surface area contributed by atoms with Gasteiger partial charge < -0.3 is 24.8 Å². The molecule has 4 rings (SSSR count). The summed E-state index contributed by atoms with van der Waals surface area (Å²) in [7, 11) is -1.96. The molecule has 204 valence electrons. The number of hydrogen-bond acceptors (Lipinski definition) is 0. The molecule has 0 aliphatic carbocycles. The molecule has 0 spiro atoms. The van der Waals surface area contributed by atoms with Crippen molar-refractivity contribution in [3.8, 4) is 0 Å². The monoisotopic (exact) mass is 784 g/mol. The molecule has 0 atom stereocenters. The molecule has 0 N–H and O–H groups in total. The van der Waals surface area contributed by atoms with Crippen LogP contribution in [0, 0.1) is 0 Å². The van der Waals surface area contributed by atoms with Crippen molar-refractivity contribution in [3.05, 3.63) is 109 Å². The summed E-state index contributed by atoms with van der Waals surface area (Å²) in [5.74, 6) is 0. The fourth-order valence-corrected chi connectivity index (χ4v) is 4.77. The van der Waals surface area contributed by atoms with Crippen LogP contribution in [0.4, 0.5) is 0 Å². The maximum atomic E-state index is 2.36. The first-order chi connectivity index (χ1) is 14.9. The van der Waals surface area contributed by atoms with Crippen LogP contribution in [0.3, 0.4) is 0 Å². The van der Waals surface area contributed by atoms with Gasteiger partial charge in [-0.2, -0.15) is 71.0 Å². The van der Waals surface area contributed by atoms with E-state index in [2.05, 4.69) is 101 Å². The normalized spacial score (nSPS) is 8.70. The summed E-state index contributed by atoms with van der Waals surface area (Å²) >= 11 is 1.74. The Hall–Kier alpha value is 0.977. The molecule has 9 heteroatoms. The second kappa shape index (κ2) is 29.9. The van der Waals surface area contributed by atoms with E-state index < -0.39 is 16.1 Å². The molecule has 4 aromatic carbocycles. The molecular formula is C28H44Cl4Si3Zr2. The van der Waals surface area contributed by atoms with Gasteiger partial charge in [0.15, 0.2) is 0 Å². The van der Waals surface area contributed by atoms with E-state index in [1.54, 1.807) is 33.7 Å². The topological polar surface area (TPSA) is 0 Å². The second-order valence-corrected chi connectivity index (χ2v) is 29.3. The van der Waals surface area contributed by atoms with Crippen LogP contribution < -0.4 is 35.2 Å². The summed E-state index contributed by atoms with van der Waals surface area (Å²) < 4.78 is 0. The Morgan fingerprint density at radius 2 is 0.730 bits per heavy atom. The third kappa shape index (κ3) is 33.1. The van der Waals surface area contributed by atoms with Crippen LogP contribution in [0.15, 0.2) is 109 Å². The molecule has 0 saturated heterocycles. The van der Waals surface area contributed by atoms with Gasteiger partial charge in [-0.1, -0.05) is 39.3 Å². The van der Waals surface area contributed by atoms with Crippen molar-refractivity contribution >= 4 is 56.8 Å². The molecule has 0 saturated carbocycles. The Bertz CT molecular complexity index is 770. The maximum absolute atomic E-state index is 2.36. The average Bonchev–Trinajstić information content (AvgIpc) is 3.54. The second-order valence-electron chi connectivity index (χ2n) is 9.77. The van der Waals surface area contributed by atoms with Crippen LogP contribution in [0.1, 0.15) is 0 Å². The summed E-state index contributed by atoms with van der Waals surface area (Å²) in [5.41, 5.74) is 0.210. The molecular weight excluding hydrogens is 745 g/mol. The van der Waals surface area contributed by atoms with E-state index >= 15 is 0 Å². The summed E-state index contributed by atoms with van der Waals surface area (Å²) in [6.07, 6.45) is 0. The van der Waals surface area contributed by atoms with Crippen molar-refractivity contribution in [2.75, 3.05) is 0 Å². The van der Waals surface area contributed by atoms with E-state index in [1.807, 2.05) is 60.7 Å². The van der Waals surface area contributed by atoms with Crippen molar-refractivity contribution in [1.29, 1.82) is 0 Å². The molecule has 0 aromatic heterocycles. The molecule has 0 fully saturated rings. The average molecular weight is 789 g/mol. The van der Waals surface area contributed by atoms with Crippen LogP contribution in [0.2, 0.25) is 52.4 Å². The third-order valence-corrected chi connectivity index (χ3v) is 8.30. The Labute approximate surface area is 289 Å². The van der Waals surface area contributed by atoms with E-state index in [1.165, 1.54) is 0 Å². The van der Waals surface area contributed by atoms with Crippen molar-refractivity contribution in [3.63, 3.8) is 0 Å². The van der Waals surface area contributed by atoms with E-state index in [0.29, 0.717) is 0 Å². The molecule has 0 nitrogen and oxygen atoms in total. The quantitative estimate of drug-likeness (QED) is 0.217. The minimum absolute atomic E-state index is 0. The van der Waals surface area contributed by atoms with Crippen LogP contribution in [0.5, 0.6) is 0 Å². The zero-order valence-corrected chi connectivity index (χ0v) is 34.5. The van der Waals surface area contributed by atoms with Gasteiger partial charge >= 0.3 is 68.1 Å². The number of halogens is 4. The Morgan fingerprint density at radius 3 is 0.811 bits per heavy atom. The van der Waals surface area contributed by atoms with Gasteiger partial charge in [-0.05, 0) is 0 Å². The predicted octanol–water partition coefficient (Wildman–Crippen LogP) is 2.35. The van der Waals surface area contributed by atoms with Crippen LogP contribution >= 0.6 is 24.8 Å².